The van der Waals surface area contributed by atoms with Crippen molar-refractivity contribution in [2.75, 3.05) is 13.2 Å². The summed E-state index contributed by atoms with van der Waals surface area (Å²) in [5.41, 5.74) is -0.0470. The van der Waals surface area contributed by atoms with Gasteiger partial charge in [-0.1, -0.05) is 0 Å². The molecule has 14 heavy (non-hydrogen) atoms. The van der Waals surface area contributed by atoms with Gasteiger partial charge in [0.1, 0.15) is 13.2 Å². The number of carbonyl (C=O) groups is 1. The van der Waals surface area contributed by atoms with E-state index in [9.17, 15) is 9.18 Å². The second-order valence-electron chi connectivity index (χ2n) is 2.73. The molecule has 0 unspecified atom stereocenters. The molecule has 0 aromatic heterocycles. The maximum atomic E-state index is 13.5. The van der Waals surface area contributed by atoms with Crippen molar-refractivity contribution in [3.05, 3.63) is 21.9 Å². The number of benzene rings is 1. The van der Waals surface area contributed by atoms with E-state index in [2.05, 4.69) is 15.9 Å². The average molecular weight is 261 g/mol. The fraction of sp³-hybridized carbons (Fsp3) is 0.222. The largest absolute Gasteiger partial charge is 0.486 e. The standard InChI is InChI=1S/C9H6BrFO3/c10-6-3-7-9(14-2-1-13-7)8(11)5(6)4-12/h3-4H,1-2H2. The summed E-state index contributed by atoms with van der Waals surface area (Å²) in [4.78, 5) is 10.6. The molecule has 0 fully saturated rings. The minimum atomic E-state index is -0.677. The summed E-state index contributed by atoms with van der Waals surface area (Å²) in [6, 6.07) is 1.53. The van der Waals surface area contributed by atoms with Crippen LogP contribution in [0.3, 0.4) is 0 Å². The number of hydrogen-bond donors (Lipinski definition) is 0. The fourth-order valence-electron chi connectivity index (χ4n) is 1.24. The van der Waals surface area contributed by atoms with Gasteiger partial charge in [-0.3, -0.25) is 4.79 Å². The first-order valence-corrected chi connectivity index (χ1v) is 4.76. The van der Waals surface area contributed by atoms with Crippen molar-refractivity contribution in [2.24, 2.45) is 0 Å². The van der Waals surface area contributed by atoms with Gasteiger partial charge in [0.05, 0.1) is 5.56 Å². The molecule has 2 rings (SSSR count). The summed E-state index contributed by atoms with van der Waals surface area (Å²) in [6.45, 7) is 0.684. The molecule has 1 aliphatic rings. The summed E-state index contributed by atoms with van der Waals surface area (Å²) >= 11 is 3.08. The van der Waals surface area contributed by atoms with Crippen molar-refractivity contribution >= 4 is 22.2 Å². The Morgan fingerprint density at radius 1 is 1.43 bits per heavy atom. The van der Waals surface area contributed by atoms with Gasteiger partial charge in [0.15, 0.2) is 23.6 Å². The zero-order chi connectivity index (χ0) is 10.1. The highest BCUT2D eigenvalue weighted by Gasteiger charge is 2.21. The Bertz CT molecular complexity index is 392. The number of fused-ring (bicyclic) bond motifs is 1. The van der Waals surface area contributed by atoms with E-state index in [0.717, 1.165) is 0 Å². The van der Waals surface area contributed by atoms with Crippen LogP contribution in [0.5, 0.6) is 11.5 Å². The van der Waals surface area contributed by atoms with E-state index in [0.29, 0.717) is 29.7 Å². The van der Waals surface area contributed by atoms with Crippen LogP contribution in [0, 0.1) is 5.82 Å². The van der Waals surface area contributed by atoms with Crippen LogP contribution in [0.25, 0.3) is 0 Å². The van der Waals surface area contributed by atoms with E-state index in [4.69, 9.17) is 9.47 Å². The molecule has 1 heterocycles. The van der Waals surface area contributed by atoms with E-state index in [1.54, 1.807) is 0 Å². The first kappa shape index (κ1) is 9.45. The number of aldehydes is 1. The van der Waals surface area contributed by atoms with Crippen LogP contribution in [0.4, 0.5) is 4.39 Å². The molecule has 74 valence electrons. The topological polar surface area (TPSA) is 35.5 Å². The molecule has 0 saturated heterocycles. The highest BCUT2D eigenvalue weighted by atomic mass is 79.9. The maximum absolute atomic E-state index is 13.5. The summed E-state index contributed by atoms with van der Waals surface area (Å²) < 4.78 is 24.2. The SMILES string of the molecule is O=Cc1c(Br)cc2c(c1F)OCCO2. The average Bonchev–Trinajstić information content (AvgIpc) is 2.18. The molecule has 0 radical (unpaired) electrons. The molecule has 1 aromatic carbocycles. The van der Waals surface area contributed by atoms with Crippen LogP contribution >= 0.6 is 15.9 Å². The molecule has 0 aliphatic carbocycles. The Morgan fingerprint density at radius 2 is 2.14 bits per heavy atom. The summed E-state index contributed by atoms with van der Waals surface area (Å²) in [5.74, 6) is -0.336. The quantitative estimate of drug-likeness (QED) is 0.727. The lowest BCUT2D eigenvalue weighted by atomic mass is 10.2. The lowest BCUT2D eigenvalue weighted by Crippen LogP contribution is -2.17. The van der Waals surface area contributed by atoms with E-state index < -0.39 is 5.82 Å². The first-order valence-electron chi connectivity index (χ1n) is 3.97. The third kappa shape index (κ3) is 1.37. The minimum absolute atomic E-state index is 0.0153. The van der Waals surface area contributed by atoms with E-state index in [-0.39, 0.29) is 11.3 Å². The number of rotatable bonds is 1. The smallest absolute Gasteiger partial charge is 0.198 e. The van der Waals surface area contributed by atoms with Gasteiger partial charge in [0, 0.05) is 4.47 Å². The second kappa shape index (κ2) is 3.57. The van der Waals surface area contributed by atoms with Gasteiger partial charge in [0.25, 0.3) is 0 Å². The monoisotopic (exact) mass is 260 g/mol. The molecule has 5 heteroatoms. The van der Waals surface area contributed by atoms with Crippen LogP contribution in [0.15, 0.2) is 10.5 Å². The van der Waals surface area contributed by atoms with Gasteiger partial charge in [-0.05, 0) is 22.0 Å². The van der Waals surface area contributed by atoms with E-state index in [1.807, 2.05) is 0 Å². The van der Waals surface area contributed by atoms with Crippen molar-refractivity contribution in [3.63, 3.8) is 0 Å². The van der Waals surface area contributed by atoms with Gasteiger partial charge < -0.3 is 9.47 Å². The molecule has 0 spiro atoms. The minimum Gasteiger partial charge on any atom is -0.486 e. The first-order chi connectivity index (χ1) is 6.74. The van der Waals surface area contributed by atoms with Gasteiger partial charge in [-0.15, -0.1) is 0 Å². The molecular weight excluding hydrogens is 255 g/mol. The zero-order valence-electron chi connectivity index (χ0n) is 7.05. The number of ether oxygens (including phenoxy) is 2. The number of halogens is 2. The molecule has 0 saturated carbocycles. The normalized spacial score (nSPS) is 13.9. The Balaban J connectivity index is 2.63. The Morgan fingerprint density at radius 3 is 2.86 bits per heavy atom. The van der Waals surface area contributed by atoms with Gasteiger partial charge in [-0.2, -0.15) is 0 Å². The Labute approximate surface area is 87.9 Å². The van der Waals surface area contributed by atoms with Crippen molar-refractivity contribution < 1.29 is 18.7 Å². The van der Waals surface area contributed by atoms with Crippen molar-refractivity contribution in [1.82, 2.24) is 0 Å². The van der Waals surface area contributed by atoms with E-state index in [1.165, 1.54) is 6.07 Å². The molecule has 0 amide bonds. The predicted molar refractivity (Wildman–Crippen MR) is 50.5 cm³/mol. The van der Waals surface area contributed by atoms with Gasteiger partial charge in [-0.25, -0.2) is 4.39 Å². The maximum Gasteiger partial charge on any atom is 0.198 e. The summed E-state index contributed by atoms with van der Waals surface area (Å²) in [5, 5.41) is 0. The van der Waals surface area contributed by atoms with Crippen molar-refractivity contribution in [2.45, 2.75) is 0 Å². The van der Waals surface area contributed by atoms with Crippen molar-refractivity contribution in [1.29, 1.82) is 0 Å². The van der Waals surface area contributed by atoms with E-state index >= 15 is 0 Å². The summed E-state index contributed by atoms with van der Waals surface area (Å²) in [7, 11) is 0. The van der Waals surface area contributed by atoms with Crippen LogP contribution in [0.1, 0.15) is 10.4 Å². The van der Waals surface area contributed by atoms with Crippen LogP contribution in [-0.2, 0) is 0 Å². The highest BCUT2D eigenvalue weighted by molar-refractivity contribution is 9.10. The predicted octanol–water partition coefficient (Wildman–Crippen LogP) is 2.17. The Hall–Kier alpha value is -1.10. The van der Waals surface area contributed by atoms with Crippen molar-refractivity contribution in [3.8, 4) is 11.5 Å². The molecule has 0 atom stereocenters. The van der Waals surface area contributed by atoms with Crippen LogP contribution < -0.4 is 9.47 Å². The van der Waals surface area contributed by atoms with Crippen LogP contribution in [0.2, 0.25) is 0 Å². The molecular formula is C9H6BrFO3. The lowest BCUT2D eigenvalue weighted by molar-refractivity contribution is 0.111. The molecule has 1 aliphatic heterocycles. The second-order valence-corrected chi connectivity index (χ2v) is 3.58. The molecule has 1 aromatic rings. The fourth-order valence-corrected chi connectivity index (χ4v) is 1.71. The Kier molecular flexibility index (Phi) is 2.41. The molecule has 0 N–H and O–H groups in total. The lowest BCUT2D eigenvalue weighted by Gasteiger charge is -2.19. The molecule has 3 nitrogen and oxygen atoms in total. The third-order valence-corrected chi connectivity index (χ3v) is 2.54. The van der Waals surface area contributed by atoms with Crippen LogP contribution in [-0.4, -0.2) is 19.5 Å². The molecule has 0 bridgehead atoms. The van der Waals surface area contributed by atoms with Gasteiger partial charge >= 0.3 is 0 Å². The number of carbonyl (C=O) groups excluding carboxylic acids is 1. The third-order valence-electron chi connectivity index (χ3n) is 1.88. The zero-order valence-corrected chi connectivity index (χ0v) is 8.64. The summed E-state index contributed by atoms with van der Waals surface area (Å²) in [6.07, 6.45) is 0.442. The highest BCUT2D eigenvalue weighted by Crippen LogP contribution is 2.38. The number of hydrogen-bond acceptors (Lipinski definition) is 3. The van der Waals surface area contributed by atoms with Gasteiger partial charge in [0.2, 0.25) is 0 Å².